The maximum Gasteiger partial charge on any atom is 0.268 e. The van der Waals surface area contributed by atoms with E-state index >= 15 is 0 Å². The monoisotopic (exact) mass is 632 g/mol. The van der Waals surface area contributed by atoms with Gasteiger partial charge in [-0.1, -0.05) is 64.1 Å². The number of Topliss-reactive ketones (excluding diaryl/α,β-unsaturated/α-hetero) is 2. The number of nitrogens with one attached hydrogen (secondary N) is 1. The van der Waals surface area contributed by atoms with Crippen LogP contribution in [0.25, 0.3) is 21.8 Å². The van der Waals surface area contributed by atoms with Crippen molar-refractivity contribution in [2.24, 2.45) is 0 Å². The summed E-state index contributed by atoms with van der Waals surface area (Å²) in [6, 6.07) is 13.3. The minimum absolute atomic E-state index is 0.128. The van der Waals surface area contributed by atoms with Crippen molar-refractivity contribution in [2.75, 3.05) is 0 Å². The van der Waals surface area contributed by atoms with Gasteiger partial charge in [-0.05, 0) is 67.3 Å². The van der Waals surface area contributed by atoms with E-state index in [1.165, 1.54) is 6.07 Å². The van der Waals surface area contributed by atoms with Gasteiger partial charge in [0.15, 0.2) is 11.6 Å². The molecule has 0 spiro atoms. The third-order valence-electron chi connectivity index (χ3n) is 7.32. The molecule has 1 N–H and O–H groups in total. The molecule has 0 bridgehead atoms. The Morgan fingerprint density at radius 3 is 2.00 bits per heavy atom. The van der Waals surface area contributed by atoms with E-state index in [0.29, 0.717) is 50.8 Å². The molecule has 0 saturated carbocycles. The molecule has 5 aromatic rings. The first kappa shape index (κ1) is 27.4. The van der Waals surface area contributed by atoms with Crippen LogP contribution in [0, 0.1) is 6.92 Å². The predicted octanol–water partition coefficient (Wildman–Crippen LogP) is 8.23. The molecule has 6 nitrogen and oxygen atoms in total. The molecule has 0 atom stereocenters. The van der Waals surface area contributed by atoms with Gasteiger partial charge in [0.25, 0.3) is 10.0 Å². The zero-order chi connectivity index (χ0) is 28.5. The van der Waals surface area contributed by atoms with E-state index in [1.807, 2.05) is 13.0 Å². The van der Waals surface area contributed by atoms with Gasteiger partial charge in [0, 0.05) is 29.1 Å². The number of carbonyl (C=O) groups excluding carboxylic acids is 2. The Labute approximate surface area is 249 Å². The Bertz CT molecular complexity index is 2010. The number of nitrogens with zero attached hydrogens (tertiary/aromatic N) is 1. The van der Waals surface area contributed by atoms with Crippen LogP contribution >= 0.6 is 46.4 Å². The van der Waals surface area contributed by atoms with Gasteiger partial charge in [-0.3, -0.25) is 9.59 Å². The third kappa shape index (κ3) is 4.35. The van der Waals surface area contributed by atoms with E-state index in [-0.39, 0.29) is 27.2 Å². The summed E-state index contributed by atoms with van der Waals surface area (Å²) < 4.78 is 27.6. The highest BCUT2D eigenvalue weighted by Crippen LogP contribution is 2.39. The Morgan fingerprint density at radius 1 is 0.725 bits per heavy atom. The van der Waals surface area contributed by atoms with Gasteiger partial charge < -0.3 is 4.98 Å². The lowest BCUT2D eigenvalue weighted by molar-refractivity contribution is 0.0982. The SMILES string of the molecule is Cc1ccc(S(=O)(=O)n2c3c(c4cc(Cl)c(Cl)cc42)CCC3=O)cc1.O=C1CCc2c1[nH]c1cc(Cl)c(Cl)cc21. The maximum atomic E-state index is 13.3. The summed E-state index contributed by atoms with van der Waals surface area (Å²) in [5, 5.41) is 3.30. The smallest absolute Gasteiger partial charge is 0.268 e. The van der Waals surface area contributed by atoms with Crippen molar-refractivity contribution >= 4 is 89.8 Å². The van der Waals surface area contributed by atoms with Crippen molar-refractivity contribution in [1.29, 1.82) is 0 Å². The lowest BCUT2D eigenvalue weighted by Crippen LogP contribution is -2.17. The third-order valence-corrected chi connectivity index (χ3v) is 10.5. The summed E-state index contributed by atoms with van der Waals surface area (Å²) in [4.78, 5) is 27.1. The summed E-state index contributed by atoms with van der Waals surface area (Å²) >= 11 is 24.1. The van der Waals surface area contributed by atoms with Crippen molar-refractivity contribution in [1.82, 2.24) is 8.96 Å². The minimum Gasteiger partial charge on any atom is -0.352 e. The summed E-state index contributed by atoms with van der Waals surface area (Å²) in [5.74, 6) is -0.0115. The number of aryl methyl sites for hydroxylation is 3. The van der Waals surface area contributed by atoms with E-state index in [1.54, 1.807) is 36.4 Å². The number of carbonyl (C=O) groups is 2. The summed E-state index contributed by atoms with van der Waals surface area (Å²) in [5.41, 5.74) is 4.96. The molecule has 40 heavy (non-hydrogen) atoms. The molecule has 11 heteroatoms. The Kier molecular flexibility index (Phi) is 6.79. The first-order chi connectivity index (χ1) is 19.0. The summed E-state index contributed by atoms with van der Waals surface area (Å²) in [6.07, 6.45) is 2.19. The fourth-order valence-corrected chi connectivity index (χ4v) is 7.58. The number of hydrogen-bond donors (Lipinski definition) is 1. The number of aromatic nitrogens is 2. The zero-order valence-electron chi connectivity index (χ0n) is 20.9. The predicted molar refractivity (Wildman–Crippen MR) is 159 cm³/mol. The van der Waals surface area contributed by atoms with Gasteiger partial charge in [-0.15, -0.1) is 0 Å². The second-order valence-electron chi connectivity index (χ2n) is 9.83. The molecule has 0 aliphatic heterocycles. The van der Waals surface area contributed by atoms with Gasteiger partial charge in [-0.25, -0.2) is 12.4 Å². The van der Waals surface area contributed by atoms with Crippen molar-refractivity contribution in [3.63, 3.8) is 0 Å². The number of rotatable bonds is 2. The van der Waals surface area contributed by atoms with Crippen molar-refractivity contribution < 1.29 is 18.0 Å². The number of fused-ring (bicyclic) bond motifs is 6. The topological polar surface area (TPSA) is 89.0 Å². The van der Waals surface area contributed by atoms with Gasteiger partial charge in [0.1, 0.15) is 5.69 Å². The molecule has 0 unspecified atom stereocenters. The second kappa shape index (κ2) is 9.93. The van der Waals surface area contributed by atoms with Crippen molar-refractivity contribution in [3.05, 3.63) is 96.7 Å². The number of halogens is 4. The van der Waals surface area contributed by atoms with Crippen LogP contribution in [0.1, 0.15) is 50.5 Å². The van der Waals surface area contributed by atoms with Gasteiger partial charge in [0.05, 0.1) is 36.2 Å². The van der Waals surface area contributed by atoms with Crippen LogP contribution in [0.15, 0.2) is 53.4 Å². The van der Waals surface area contributed by atoms with Crippen LogP contribution in [-0.4, -0.2) is 28.9 Å². The van der Waals surface area contributed by atoms with Gasteiger partial charge in [0.2, 0.25) is 0 Å². The molecule has 2 aliphatic rings. The zero-order valence-corrected chi connectivity index (χ0v) is 24.8. The molecular weight excluding hydrogens is 614 g/mol. The number of hydrogen-bond acceptors (Lipinski definition) is 4. The first-order valence-corrected chi connectivity index (χ1v) is 15.3. The van der Waals surface area contributed by atoms with Crippen molar-refractivity contribution in [2.45, 2.75) is 37.5 Å². The van der Waals surface area contributed by atoms with Crippen molar-refractivity contribution in [3.8, 4) is 0 Å². The van der Waals surface area contributed by atoms with E-state index in [9.17, 15) is 18.0 Å². The maximum absolute atomic E-state index is 13.3. The molecule has 204 valence electrons. The van der Waals surface area contributed by atoms with Crippen LogP contribution in [0.3, 0.4) is 0 Å². The fraction of sp³-hybridized carbons (Fsp3) is 0.172. The van der Waals surface area contributed by atoms with Crippen LogP contribution in [0.4, 0.5) is 0 Å². The Morgan fingerprint density at radius 2 is 1.30 bits per heavy atom. The molecule has 2 heterocycles. The standard InChI is InChI=1S/C18H13Cl2NO3S.C11H7Cl2NO/c1-10-2-4-11(5-3-10)25(23,24)21-16-9-15(20)14(19)8-13(16)12-6-7-17(22)18(12)21;12-7-3-6-5-1-2-10(15)11(5)14-9(6)4-8(7)13/h2-5,8-9H,6-7H2,1H3;3-4,14H,1-2H2. The number of benzene rings is 3. The largest absolute Gasteiger partial charge is 0.352 e. The van der Waals surface area contributed by atoms with Gasteiger partial charge in [-0.2, -0.15) is 0 Å². The van der Waals surface area contributed by atoms with E-state index in [2.05, 4.69) is 4.98 Å². The average molecular weight is 634 g/mol. The van der Waals surface area contributed by atoms with E-state index < -0.39 is 10.0 Å². The minimum atomic E-state index is -3.93. The second-order valence-corrected chi connectivity index (χ2v) is 13.2. The highest BCUT2D eigenvalue weighted by Gasteiger charge is 2.34. The highest BCUT2D eigenvalue weighted by molar-refractivity contribution is 7.90. The molecule has 0 saturated heterocycles. The molecular formula is C29H20Cl4N2O4S. The van der Waals surface area contributed by atoms with Gasteiger partial charge >= 0.3 is 0 Å². The lowest BCUT2D eigenvalue weighted by atomic mass is 10.1. The molecule has 7 rings (SSSR count). The van der Waals surface area contributed by atoms with Crippen LogP contribution in [0.2, 0.25) is 20.1 Å². The summed E-state index contributed by atoms with van der Waals surface area (Å²) in [6.45, 7) is 1.88. The molecule has 2 aromatic heterocycles. The highest BCUT2D eigenvalue weighted by atomic mass is 35.5. The molecule has 0 amide bonds. The molecule has 2 aliphatic carbocycles. The Balaban J connectivity index is 0.000000164. The number of H-pyrrole nitrogens is 1. The quantitative estimate of drug-likeness (QED) is 0.212. The van der Waals surface area contributed by atoms with Crippen LogP contribution < -0.4 is 0 Å². The molecule has 0 radical (unpaired) electrons. The Hall–Kier alpha value is -2.81. The van der Waals surface area contributed by atoms with Crippen LogP contribution in [0.5, 0.6) is 0 Å². The molecule has 3 aromatic carbocycles. The first-order valence-electron chi connectivity index (χ1n) is 12.4. The molecule has 0 fully saturated rings. The number of aromatic amines is 1. The fourth-order valence-electron chi connectivity index (χ4n) is 5.38. The lowest BCUT2D eigenvalue weighted by Gasteiger charge is -2.11. The average Bonchev–Trinajstić information content (AvgIpc) is 3.64. The van der Waals surface area contributed by atoms with Crippen LogP contribution in [-0.2, 0) is 22.9 Å². The van der Waals surface area contributed by atoms with E-state index in [4.69, 9.17) is 46.4 Å². The van der Waals surface area contributed by atoms with E-state index in [0.717, 1.165) is 38.1 Å². The normalized spacial score (nSPS) is 14.5. The number of ketones is 2. The summed E-state index contributed by atoms with van der Waals surface area (Å²) in [7, 11) is -3.93.